The van der Waals surface area contributed by atoms with Gasteiger partial charge in [0, 0.05) is 18.7 Å². The molecule has 104 valence electrons. The van der Waals surface area contributed by atoms with Crippen LogP contribution in [0.1, 0.15) is 42.1 Å². The van der Waals surface area contributed by atoms with Crippen LogP contribution < -0.4 is 0 Å². The molecule has 3 heteroatoms. The maximum atomic E-state index is 12.6. The fourth-order valence-electron chi connectivity index (χ4n) is 2.81. The van der Waals surface area contributed by atoms with Gasteiger partial charge in [-0.05, 0) is 42.6 Å². The molecule has 0 radical (unpaired) electrons. The smallest absolute Gasteiger partial charge is 0.254 e. The Morgan fingerprint density at radius 1 is 1.37 bits per heavy atom. The molecule has 0 fully saturated rings. The van der Waals surface area contributed by atoms with E-state index < -0.39 is 0 Å². The van der Waals surface area contributed by atoms with Gasteiger partial charge in [-0.15, -0.1) is 0 Å². The quantitative estimate of drug-likeness (QED) is 0.818. The van der Waals surface area contributed by atoms with E-state index in [1.807, 2.05) is 23.1 Å². The summed E-state index contributed by atoms with van der Waals surface area (Å²) in [6.07, 6.45) is 4.38. The molecule has 0 aromatic heterocycles. The van der Waals surface area contributed by atoms with Crippen molar-refractivity contribution in [3.05, 3.63) is 35.4 Å². The first kappa shape index (κ1) is 14.4. The number of carbonyl (C=O) groups is 1. The molecule has 2 nitrogen and oxygen atoms in total. The maximum Gasteiger partial charge on any atom is 0.254 e. The van der Waals surface area contributed by atoms with Crippen LogP contribution in [-0.4, -0.2) is 29.6 Å². The van der Waals surface area contributed by atoms with Crippen LogP contribution in [-0.2, 0) is 6.42 Å². The van der Waals surface area contributed by atoms with Crippen LogP contribution >= 0.6 is 12.6 Å². The molecular weight excluding hydrogens is 254 g/mol. The van der Waals surface area contributed by atoms with Gasteiger partial charge in [-0.3, -0.25) is 4.79 Å². The summed E-state index contributed by atoms with van der Waals surface area (Å²) < 4.78 is 0. The van der Waals surface area contributed by atoms with Crippen molar-refractivity contribution in [2.24, 2.45) is 5.92 Å². The van der Waals surface area contributed by atoms with Gasteiger partial charge in [0.2, 0.25) is 0 Å². The van der Waals surface area contributed by atoms with Crippen LogP contribution in [0.5, 0.6) is 0 Å². The molecular formula is C16H23NOS. The first-order valence-electron chi connectivity index (χ1n) is 7.24. The van der Waals surface area contributed by atoms with E-state index in [2.05, 4.69) is 25.6 Å². The van der Waals surface area contributed by atoms with Crippen LogP contribution in [0.2, 0.25) is 0 Å². The molecule has 1 aromatic carbocycles. The monoisotopic (exact) mass is 277 g/mol. The van der Waals surface area contributed by atoms with Gasteiger partial charge in [0.25, 0.3) is 5.91 Å². The zero-order valence-electron chi connectivity index (χ0n) is 11.6. The number of hydrogen-bond donors (Lipinski definition) is 1. The van der Waals surface area contributed by atoms with Crippen LogP contribution in [0.15, 0.2) is 24.3 Å². The highest BCUT2D eigenvalue weighted by Gasteiger charge is 2.23. The van der Waals surface area contributed by atoms with Crippen molar-refractivity contribution in [1.82, 2.24) is 4.90 Å². The Bertz CT molecular complexity index is 433. The first-order chi connectivity index (χ1) is 9.26. The Balaban J connectivity index is 2.12. The minimum atomic E-state index is 0.205. The van der Waals surface area contributed by atoms with Crippen molar-refractivity contribution in [1.29, 1.82) is 0 Å². The largest absolute Gasteiger partial charge is 0.338 e. The molecule has 1 amide bonds. The van der Waals surface area contributed by atoms with Gasteiger partial charge in [-0.25, -0.2) is 0 Å². The summed E-state index contributed by atoms with van der Waals surface area (Å²) in [7, 11) is 0. The minimum Gasteiger partial charge on any atom is -0.338 e. The molecule has 1 aliphatic rings. The molecule has 1 unspecified atom stereocenters. The lowest BCUT2D eigenvalue weighted by Gasteiger charge is -2.25. The third-order valence-electron chi connectivity index (χ3n) is 3.84. The van der Waals surface area contributed by atoms with E-state index in [-0.39, 0.29) is 5.91 Å². The topological polar surface area (TPSA) is 20.3 Å². The number of benzene rings is 1. The molecule has 1 aliphatic heterocycles. The number of aryl methyl sites for hydroxylation is 1. The first-order valence-corrected chi connectivity index (χ1v) is 7.87. The Morgan fingerprint density at radius 2 is 2.16 bits per heavy atom. The second kappa shape index (κ2) is 6.99. The van der Waals surface area contributed by atoms with E-state index >= 15 is 0 Å². The Morgan fingerprint density at radius 3 is 2.89 bits per heavy atom. The van der Waals surface area contributed by atoms with Gasteiger partial charge in [0.05, 0.1) is 0 Å². The second-order valence-electron chi connectivity index (χ2n) is 5.35. The van der Waals surface area contributed by atoms with E-state index in [4.69, 9.17) is 0 Å². The minimum absolute atomic E-state index is 0.205. The molecule has 19 heavy (non-hydrogen) atoms. The Labute approximate surface area is 121 Å². The average molecular weight is 277 g/mol. The van der Waals surface area contributed by atoms with E-state index in [0.717, 1.165) is 50.1 Å². The third kappa shape index (κ3) is 3.53. The van der Waals surface area contributed by atoms with E-state index in [0.29, 0.717) is 5.92 Å². The van der Waals surface area contributed by atoms with Gasteiger partial charge in [-0.1, -0.05) is 31.5 Å². The maximum absolute atomic E-state index is 12.6. The number of hydrogen-bond acceptors (Lipinski definition) is 2. The number of thiol groups is 1. The summed E-state index contributed by atoms with van der Waals surface area (Å²) in [5.74, 6) is 1.58. The van der Waals surface area contributed by atoms with E-state index in [9.17, 15) is 4.79 Å². The zero-order valence-corrected chi connectivity index (χ0v) is 12.5. The van der Waals surface area contributed by atoms with E-state index in [1.165, 1.54) is 5.56 Å². The second-order valence-corrected chi connectivity index (χ2v) is 5.71. The van der Waals surface area contributed by atoms with Crippen molar-refractivity contribution >= 4 is 18.5 Å². The average Bonchev–Trinajstić information content (AvgIpc) is 2.59. The summed E-state index contributed by atoms with van der Waals surface area (Å²) >= 11 is 4.42. The summed E-state index contributed by atoms with van der Waals surface area (Å²) in [5, 5.41) is 0. The van der Waals surface area contributed by atoms with Crippen LogP contribution in [0.4, 0.5) is 0 Å². The van der Waals surface area contributed by atoms with Crippen molar-refractivity contribution in [3.63, 3.8) is 0 Å². The lowest BCUT2D eigenvalue weighted by atomic mass is 10.0. The summed E-state index contributed by atoms with van der Waals surface area (Å²) in [6, 6.07) is 8.03. The SMILES string of the molecule is CCCC(CS)CN1CCCc2ccccc2C1=O. The fraction of sp³-hybridized carbons (Fsp3) is 0.562. The van der Waals surface area contributed by atoms with E-state index in [1.54, 1.807) is 0 Å². The highest BCUT2D eigenvalue weighted by Crippen LogP contribution is 2.20. The predicted octanol–water partition coefficient (Wildman–Crippen LogP) is 3.42. The van der Waals surface area contributed by atoms with Gasteiger partial charge in [0.15, 0.2) is 0 Å². The molecule has 0 bridgehead atoms. The molecule has 1 aromatic rings. The highest BCUT2D eigenvalue weighted by molar-refractivity contribution is 7.80. The van der Waals surface area contributed by atoms with Gasteiger partial charge in [-0.2, -0.15) is 12.6 Å². The summed E-state index contributed by atoms with van der Waals surface area (Å²) in [4.78, 5) is 14.6. The lowest BCUT2D eigenvalue weighted by molar-refractivity contribution is 0.0736. The van der Waals surface area contributed by atoms with Gasteiger partial charge in [0.1, 0.15) is 0 Å². The van der Waals surface area contributed by atoms with Crippen molar-refractivity contribution in [3.8, 4) is 0 Å². The molecule has 1 atom stereocenters. The molecule has 0 saturated heterocycles. The molecule has 0 saturated carbocycles. The molecule has 0 N–H and O–H groups in total. The van der Waals surface area contributed by atoms with Gasteiger partial charge >= 0.3 is 0 Å². The molecule has 0 spiro atoms. The molecule has 1 heterocycles. The lowest BCUT2D eigenvalue weighted by Crippen LogP contribution is -2.36. The summed E-state index contributed by atoms with van der Waals surface area (Å²) in [6.45, 7) is 3.92. The van der Waals surface area contributed by atoms with Crippen molar-refractivity contribution in [2.45, 2.75) is 32.6 Å². The number of amides is 1. The normalized spacial score (nSPS) is 16.9. The summed E-state index contributed by atoms with van der Waals surface area (Å²) in [5.41, 5.74) is 2.10. The van der Waals surface area contributed by atoms with Crippen LogP contribution in [0.3, 0.4) is 0 Å². The molecule has 2 rings (SSSR count). The Kier molecular flexibility index (Phi) is 5.32. The zero-order chi connectivity index (χ0) is 13.7. The number of carbonyl (C=O) groups excluding carboxylic acids is 1. The highest BCUT2D eigenvalue weighted by atomic mass is 32.1. The fourth-order valence-corrected chi connectivity index (χ4v) is 3.11. The number of fused-ring (bicyclic) bond motifs is 1. The number of rotatable bonds is 5. The van der Waals surface area contributed by atoms with Crippen molar-refractivity contribution in [2.75, 3.05) is 18.8 Å². The van der Waals surface area contributed by atoms with Crippen LogP contribution in [0.25, 0.3) is 0 Å². The predicted molar refractivity (Wildman–Crippen MR) is 82.9 cm³/mol. The van der Waals surface area contributed by atoms with Crippen molar-refractivity contribution < 1.29 is 4.79 Å². The Hall–Kier alpha value is -0.960. The standard InChI is InChI=1S/C16H23NOS/c1-2-6-13(12-19)11-17-10-5-8-14-7-3-4-9-15(14)16(17)18/h3-4,7,9,13,19H,2,5-6,8,10-12H2,1H3. The molecule has 0 aliphatic carbocycles. The van der Waals surface area contributed by atoms with Gasteiger partial charge < -0.3 is 4.90 Å². The number of nitrogens with zero attached hydrogens (tertiary/aromatic N) is 1. The van der Waals surface area contributed by atoms with Crippen LogP contribution in [0, 0.1) is 5.92 Å². The third-order valence-corrected chi connectivity index (χ3v) is 4.36.